The summed E-state index contributed by atoms with van der Waals surface area (Å²) in [6.45, 7) is 34.9. The Morgan fingerprint density at radius 2 is 0.324 bits per heavy atom. The Morgan fingerprint density at radius 3 is 0.471 bits per heavy atom. The average Bonchev–Trinajstić information content (AvgIpc) is 2.81. The maximum Gasteiger partial charge on any atom is 0.0356 e. The molecule has 34 heavy (non-hydrogen) atoms. The molecule has 0 radical (unpaired) electrons. The maximum atomic E-state index is 2.36. The fraction of sp³-hybridized carbons (Fsp3) is 0.471. The normalized spacial score (nSPS) is 11.6. The second-order valence-electron chi connectivity index (χ2n) is 11.0. The minimum absolute atomic E-state index is 0.231. The molecule has 3 aromatic carbocycles. The summed E-state index contributed by atoms with van der Waals surface area (Å²) in [5.74, 6) is 0.231. The first-order chi connectivity index (χ1) is 15.7. The van der Waals surface area contributed by atoms with Crippen LogP contribution >= 0.6 is 0 Å². The summed E-state index contributed by atoms with van der Waals surface area (Å²) in [7, 11) is 0. The highest BCUT2D eigenvalue weighted by atomic mass is 14.3. The van der Waals surface area contributed by atoms with Crippen LogP contribution in [0.1, 0.15) is 106 Å². The van der Waals surface area contributed by atoms with Crippen molar-refractivity contribution in [3.05, 3.63) is 100 Å². The molecular formula is C34H46. The van der Waals surface area contributed by atoms with Gasteiger partial charge < -0.3 is 0 Å². The molecule has 0 spiro atoms. The average molecular weight is 455 g/mol. The highest BCUT2D eigenvalue weighted by Gasteiger charge is 2.31. The van der Waals surface area contributed by atoms with Crippen LogP contribution in [0.15, 0.2) is 0 Å². The van der Waals surface area contributed by atoms with Crippen LogP contribution in [-0.4, -0.2) is 0 Å². The van der Waals surface area contributed by atoms with Crippen LogP contribution in [0.3, 0.4) is 0 Å². The van der Waals surface area contributed by atoms with E-state index in [1.807, 2.05) is 0 Å². The number of hydrogen-bond donors (Lipinski definition) is 0. The zero-order chi connectivity index (χ0) is 26.0. The second kappa shape index (κ2) is 9.03. The lowest BCUT2D eigenvalue weighted by Gasteiger charge is -2.34. The maximum absolute atomic E-state index is 2.36. The molecule has 182 valence electrons. The third-order valence-corrected chi connectivity index (χ3v) is 10.0. The predicted octanol–water partition coefficient (Wildman–Crippen LogP) is 9.49. The first kappa shape index (κ1) is 26.3. The van der Waals surface area contributed by atoms with Gasteiger partial charge in [-0.2, -0.15) is 0 Å². The molecule has 0 amide bonds. The highest BCUT2D eigenvalue weighted by Crippen LogP contribution is 2.46. The number of rotatable bonds is 3. The molecule has 0 nitrogen and oxygen atoms in total. The summed E-state index contributed by atoms with van der Waals surface area (Å²) >= 11 is 0. The van der Waals surface area contributed by atoms with E-state index < -0.39 is 0 Å². The molecule has 0 fully saturated rings. The highest BCUT2D eigenvalue weighted by molar-refractivity contribution is 5.65. The largest absolute Gasteiger partial charge is 0.0447 e. The third-order valence-electron chi connectivity index (χ3n) is 10.0. The fourth-order valence-corrected chi connectivity index (χ4v) is 6.32. The van der Waals surface area contributed by atoms with Gasteiger partial charge in [-0.05, 0) is 204 Å². The lowest BCUT2D eigenvalue weighted by molar-refractivity contribution is 0.874. The number of benzene rings is 3. The van der Waals surface area contributed by atoms with Gasteiger partial charge in [0.15, 0.2) is 0 Å². The van der Waals surface area contributed by atoms with E-state index in [2.05, 4.69) is 104 Å². The number of hydrogen-bond acceptors (Lipinski definition) is 0. The van der Waals surface area contributed by atoms with Gasteiger partial charge in [0.2, 0.25) is 0 Å². The lowest BCUT2D eigenvalue weighted by Crippen LogP contribution is -2.18. The first-order valence-electron chi connectivity index (χ1n) is 12.9. The van der Waals surface area contributed by atoms with Crippen LogP contribution in [0.2, 0.25) is 0 Å². The van der Waals surface area contributed by atoms with Crippen LogP contribution in [0, 0.1) is 104 Å². The third kappa shape index (κ3) is 3.65. The monoisotopic (exact) mass is 454 g/mol. The quantitative estimate of drug-likeness (QED) is 0.346. The SMILES string of the molecule is Cc1c(C)c(C)c(C(c2c(C)c(C)c(C)c(C)c2C)c2c(C)c(C)c(C)c(C)c2C)c(C)c1C. The standard InChI is InChI=1S/C34H46/c1-16-19(4)25(10)31(26(11)20(16)5)34(32-27(12)21(6)17(2)22(7)28(32)13)33-29(14)23(8)18(3)24(9)30(33)15/h34H,1-15H3. The van der Waals surface area contributed by atoms with Crippen molar-refractivity contribution in [1.29, 1.82) is 0 Å². The Balaban J connectivity index is 2.68. The Kier molecular flexibility index (Phi) is 6.97. The Bertz CT molecular complexity index is 1080. The van der Waals surface area contributed by atoms with Crippen molar-refractivity contribution < 1.29 is 0 Å². The molecule has 0 bridgehead atoms. The van der Waals surface area contributed by atoms with Crippen LogP contribution in [0.5, 0.6) is 0 Å². The topological polar surface area (TPSA) is 0 Å². The van der Waals surface area contributed by atoms with Crippen molar-refractivity contribution in [1.82, 2.24) is 0 Å². The summed E-state index contributed by atoms with van der Waals surface area (Å²) in [6.07, 6.45) is 0. The van der Waals surface area contributed by atoms with Crippen LogP contribution in [-0.2, 0) is 0 Å². The molecule has 0 saturated heterocycles. The summed E-state index contributed by atoms with van der Waals surface area (Å²) in [5.41, 5.74) is 26.2. The molecule has 0 heterocycles. The molecule has 0 aromatic heterocycles. The minimum atomic E-state index is 0.231. The Morgan fingerprint density at radius 1 is 0.206 bits per heavy atom. The lowest BCUT2D eigenvalue weighted by atomic mass is 9.70. The van der Waals surface area contributed by atoms with Crippen molar-refractivity contribution in [2.24, 2.45) is 0 Å². The molecule has 0 aliphatic rings. The Labute approximate surface area is 209 Å². The zero-order valence-electron chi connectivity index (χ0n) is 24.6. The van der Waals surface area contributed by atoms with Gasteiger partial charge in [-0.1, -0.05) is 0 Å². The van der Waals surface area contributed by atoms with Gasteiger partial charge in [0, 0.05) is 5.92 Å². The van der Waals surface area contributed by atoms with Gasteiger partial charge in [0.05, 0.1) is 0 Å². The summed E-state index contributed by atoms with van der Waals surface area (Å²) in [6, 6.07) is 0. The van der Waals surface area contributed by atoms with E-state index >= 15 is 0 Å². The van der Waals surface area contributed by atoms with Gasteiger partial charge in [0.25, 0.3) is 0 Å². The van der Waals surface area contributed by atoms with Crippen molar-refractivity contribution >= 4 is 0 Å². The summed E-state index contributed by atoms with van der Waals surface area (Å²) in [4.78, 5) is 0. The van der Waals surface area contributed by atoms with Crippen LogP contribution in [0.4, 0.5) is 0 Å². The molecule has 0 unspecified atom stereocenters. The van der Waals surface area contributed by atoms with E-state index in [4.69, 9.17) is 0 Å². The van der Waals surface area contributed by atoms with E-state index in [-0.39, 0.29) is 5.92 Å². The summed E-state index contributed by atoms with van der Waals surface area (Å²) < 4.78 is 0. The molecule has 3 rings (SSSR count). The first-order valence-corrected chi connectivity index (χ1v) is 12.9. The Hall–Kier alpha value is -2.34. The molecule has 0 heteroatoms. The molecule has 0 saturated carbocycles. The molecule has 3 aromatic rings. The molecule has 0 N–H and O–H groups in total. The van der Waals surface area contributed by atoms with Gasteiger partial charge in [-0.3, -0.25) is 0 Å². The van der Waals surface area contributed by atoms with Crippen molar-refractivity contribution in [2.45, 2.75) is 110 Å². The van der Waals surface area contributed by atoms with E-state index in [1.54, 1.807) is 0 Å². The van der Waals surface area contributed by atoms with E-state index in [9.17, 15) is 0 Å². The smallest absolute Gasteiger partial charge is 0.0356 e. The van der Waals surface area contributed by atoms with Gasteiger partial charge >= 0.3 is 0 Å². The van der Waals surface area contributed by atoms with Gasteiger partial charge in [0.1, 0.15) is 0 Å². The van der Waals surface area contributed by atoms with Crippen molar-refractivity contribution in [3.63, 3.8) is 0 Å². The van der Waals surface area contributed by atoms with E-state index in [1.165, 1.54) is 100 Å². The molecule has 0 aliphatic heterocycles. The van der Waals surface area contributed by atoms with Crippen LogP contribution in [0.25, 0.3) is 0 Å². The van der Waals surface area contributed by atoms with Gasteiger partial charge in [-0.25, -0.2) is 0 Å². The second-order valence-corrected chi connectivity index (χ2v) is 11.0. The van der Waals surface area contributed by atoms with Crippen LogP contribution < -0.4 is 0 Å². The van der Waals surface area contributed by atoms with Crippen molar-refractivity contribution in [3.8, 4) is 0 Å². The van der Waals surface area contributed by atoms with Gasteiger partial charge in [-0.15, -0.1) is 0 Å². The predicted molar refractivity (Wildman–Crippen MR) is 151 cm³/mol. The molecule has 0 aliphatic carbocycles. The zero-order valence-corrected chi connectivity index (χ0v) is 24.6. The van der Waals surface area contributed by atoms with E-state index in [0.717, 1.165) is 0 Å². The fourth-order valence-electron chi connectivity index (χ4n) is 6.32. The summed E-state index contributed by atoms with van der Waals surface area (Å²) in [5, 5.41) is 0. The molecular weight excluding hydrogens is 408 g/mol. The minimum Gasteiger partial charge on any atom is -0.0447 e. The van der Waals surface area contributed by atoms with Crippen molar-refractivity contribution in [2.75, 3.05) is 0 Å². The van der Waals surface area contributed by atoms with E-state index in [0.29, 0.717) is 0 Å². The molecule has 0 atom stereocenters.